The summed E-state index contributed by atoms with van der Waals surface area (Å²) < 4.78 is 15.7. The number of hydrogen-bond donors (Lipinski definition) is 2. The van der Waals surface area contributed by atoms with Crippen LogP contribution in [0.15, 0.2) is 12.7 Å². The van der Waals surface area contributed by atoms with Crippen molar-refractivity contribution in [2.45, 2.75) is 65.4 Å². The van der Waals surface area contributed by atoms with Gasteiger partial charge in [0.2, 0.25) is 0 Å². The van der Waals surface area contributed by atoms with Gasteiger partial charge in [-0.25, -0.2) is 9.59 Å². The van der Waals surface area contributed by atoms with Crippen molar-refractivity contribution in [1.82, 2.24) is 5.32 Å². The number of alkyl carbamates (subject to hydrolysis) is 1. The zero-order chi connectivity index (χ0) is 21.1. The van der Waals surface area contributed by atoms with Crippen LogP contribution in [0.3, 0.4) is 0 Å². The molecule has 0 radical (unpaired) electrons. The fourth-order valence-corrected chi connectivity index (χ4v) is 3.07. The van der Waals surface area contributed by atoms with E-state index in [0.29, 0.717) is 18.1 Å². The molecule has 2 N–H and O–H groups in total. The fraction of sp³-hybridized carbons (Fsp3) is 0.789. The number of hydrogen-bond acceptors (Lipinski definition) is 7. The van der Waals surface area contributed by atoms with Crippen molar-refractivity contribution >= 4 is 23.8 Å². The van der Waals surface area contributed by atoms with E-state index in [2.05, 4.69) is 11.9 Å². The van der Waals surface area contributed by atoms with E-state index < -0.39 is 29.5 Å². The Morgan fingerprint density at radius 1 is 1.22 bits per heavy atom. The third-order valence-electron chi connectivity index (χ3n) is 3.21. The Hall–Kier alpha value is -1.25. The van der Waals surface area contributed by atoms with Crippen molar-refractivity contribution in [3.05, 3.63) is 12.7 Å². The van der Waals surface area contributed by atoms with Crippen LogP contribution in [0.5, 0.6) is 0 Å². The number of carbonyl (C=O) groups excluding carboxylic acids is 2. The van der Waals surface area contributed by atoms with Crippen molar-refractivity contribution in [2.75, 3.05) is 24.7 Å². The molecule has 0 aromatic carbocycles. The number of thioether (sulfide) groups is 1. The van der Waals surface area contributed by atoms with Crippen LogP contribution in [0.2, 0.25) is 0 Å². The standard InChI is InChI=1S/C19H35NO6S/c1-8-10-24-16(21)15(20-17(22)26-18(3,4)5)13-27-12-14(9-2)11-25-19(6,7)23/h8,14-15,23H,1,9-13H2,2-7H3,(H,20,22)/t14?,15-/m0/s1. The lowest BCUT2D eigenvalue weighted by Gasteiger charge is -2.24. The highest BCUT2D eigenvalue weighted by Crippen LogP contribution is 2.17. The second-order valence-corrected chi connectivity index (χ2v) is 8.76. The van der Waals surface area contributed by atoms with Gasteiger partial charge < -0.3 is 24.6 Å². The highest BCUT2D eigenvalue weighted by Gasteiger charge is 2.26. The Kier molecular flexibility index (Phi) is 11.7. The van der Waals surface area contributed by atoms with Crippen LogP contribution in [0.1, 0.15) is 48.0 Å². The number of amides is 1. The molecule has 1 amide bonds. The Labute approximate surface area is 167 Å². The maximum atomic E-state index is 12.2. The first-order valence-electron chi connectivity index (χ1n) is 9.09. The highest BCUT2D eigenvalue weighted by atomic mass is 32.2. The average molecular weight is 406 g/mol. The summed E-state index contributed by atoms with van der Waals surface area (Å²) in [5.74, 6) is -0.433. The maximum Gasteiger partial charge on any atom is 0.408 e. The van der Waals surface area contributed by atoms with Crippen LogP contribution in [0, 0.1) is 5.92 Å². The van der Waals surface area contributed by atoms with Gasteiger partial charge in [-0.05, 0) is 46.3 Å². The molecule has 0 aliphatic heterocycles. The van der Waals surface area contributed by atoms with Crippen molar-refractivity contribution in [3.8, 4) is 0 Å². The van der Waals surface area contributed by atoms with E-state index in [1.807, 2.05) is 6.92 Å². The number of nitrogens with one attached hydrogen (secondary N) is 1. The van der Waals surface area contributed by atoms with Gasteiger partial charge >= 0.3 is 12.1 Å². The van der Waals surface area contributed by atoms with Crippen molar-refractivity contribution in [3.63, 3.8) is 0 Å². The smallest absolute Gasteiger partial charge is 0.408 e. The second-order valence-electron chi connectivity index (χ2n) is 7.69. The minimum Gasteiger partial charge on any atom is -0.460 e. The normalized spacial score (nSPS) is 14.2. The molecule has 0 rings (SSSR count). The Bertz CT molecular complexity index is 470. The van der Waals surface area contributed by atoms with Crippen LogP contribution < -0.4 is 5.32 Å². The number of rotatable bonds is 12. The average Bonchev–Trinajstić information content (AvgIpc) is 2.51. The molecule has 1 unspecified atom stereocenters. The van der Waals surface area contributed by atoms with Crippen molar-refractivity contribution in [2.24, 2.45) is 5.92 Å². The van der Waals surface area contributed by atoms with Crippen molar-refractivity contribution in [1.29, 1.82) is 0 Å². The summed E-state index contributed by atoms with van der Waals surface area (Å²) in [7, 11) is 0. The maximum absolute atomic E-state index is 12.2. The first kappa shape index (κ1) is 25.8. The van der Waals surface area contributed by atoms with E-state index in [9.17, 15) is 14.7 Å². The first-order valence-corrected chi connectivity index (χ1v) is 10.2. The van der Waals surface area contributed by atoms with Gasteiger partial charge in [0.15, 0.2) is 5.79 Å². The summed E-state index contributed by atoms with van der Waals surface area (Å²) in [6, 6.07) is -0.822. The largest absolute Gasteiger partial charge is 0.460 e. The SMILES string of the molecule is C=CCOC(=O)[C@H](CSCC(CC)COC(C)(C)O)NC(=O)OC(C)(C)C. The summed E-state index contributed by atoms with van der Waals surface area (Å²) in [6.07, 6.45) is 1.67. The predicted octanol–water partition coefficient (Wildman–Crippen LogP) is 3.11. The van der Waals surface area contributed by atoms with Crippen LogP contribution in [0.4, 0.5) is 4.79 Å². The van der Waals surface area contributed by atoms with E-state index >= 15 is 0 Å². The molecule has 0 aliphatic carbocycles. The quantitative estimate of drug-likeness (QED) is 0.293. The molecule has 0 saturated heterocycles. The molecule has 0 saturated carbocycles. The van der Waals surface area contributed by atoms with Gasteiger partial charge in [0.25, 0.3) is 0 Å². The van der Waals surface area contributed by atoms with Crippen LogP contribution in [0.25, 0.3) is 0 Å². The first-order chi connectivity index (χ1) is 12.4. The summed E-state index contributed by atoms with van der Waals surface area (Å²) in [5.41, 5.74) is -0.658. The number of ether oxygens (including phenoxy) is 3. The summed E-state index contributed by atoms with van der Waals surface area (Å²) >= 11 is 1.51. The molecule has 27 heavy (non-hydrogen) atoms. The molecule has 0 bridgehead atoms. The van der Waals surface area contributed by atoms with Crippen LogP contribution in [-0.2, 0) is 19.0 Å². The third-order valence-corrected chi connectivity index (χ3v) is 4.48. The lowest BCUT2D eigenvalue weighted by Crippen LogP contribution is -2.46. The summed E-state index contributed by atoms with van der Waals surface area (Å²) in [4.78, 5) is 24.2. The van der Waals surface area contributed by atoms with E-state index in [1.165, 1.54) is 17.8 Å². The minimum atomic E-state index is -1.17. The lowest BCUT2D eigenvalue weighted by molar-refractivity contribution is -0.182. The van der Waals surface area contributed by atoms with Crippen LogP contribution >= 0.6 is 11.8 Å². The van der Waals surface area contributed by atoms with Gasteiger partial charge in [0, 0.05) is 5.75 Å². The fourth-order valence-electron chi connectivity index (χ4n) is 1.82. The van der Waals surface area contributed by atoms with Gasteiger partial charge in [-0.3, -0.25) is 0 Å². The third kappa shape index (κ3) is 14.5. The Morgan fingerprint density at radius 2 is 1.85 bits per heavy atom. The highest BCUT2D eigenvalue weighted by molar-refractivity contribution is 7.99. The zero-order valence-corrected chi connectivity index (χ0v) is 18.2. The molecule has 0 aliphatic rings. The molecule has 0 aromatic heterocycles. The molecular weight excluding hydrogens is 370 g/mol. The number of carbonyl (C=O) groups is 2. The zero-order valence-electron chi connectivity index (χ0n) is 17.4. The van der Waals surface area contributed by atoms with Gasteiger partial charge in [-0.2, -0.15) is 11.8 Å². The van der Waals surface area contributed by atoms with E-state index in [0.717, 1.165) is 6.42 Å². The van der Waals surface area contributed by atoms with Crippen LogP contribution in [-0.4, -0.2) is 59.3 Å². The molecule has 0 fully saturated rings. The van der Waals surface area contributed by atoms with Gasteiger partial charge in [0.05, 0.1) is 6.61 Å². The van der Waals surface area contributed by atoms with Crippen molar-refractivity contribution < 1.29 is 28.9 Å². The molecule has 7 nitrogen and oxygen atoms in total. The molecule has 0 aromatic rings. The molecule has 0 spiro atoms. The Balaban J connectivity index is 4.67. The summed E-state index contributed by atoms with van der Waals surface area (Å²) in [6.45, 7) is 14.5. The second kappa shape index (κ2) is 12.3. The molecule has 8 heteroatoms. The van der Waals surface area contributed by atoms with E-state index in [1.54, 1.807) is 34.6 Å². The van der Waals surface area contributed by atoms with Gasteiger partial charge in [0.1, 0.15) is 18.2 Å². The van der Waals surface area contributed by atoms with Gasteiger partial charge in [-0.15, -0.1) is 0 Å². The van der Waals surface area contributed by atoms with E-state index in [-0.39, 0.29) is 12.5 Å². The summed E-state index contributed by atoms with van der Waals surface area (Å²) in [5, 5.41) is 12.2. The minimum absolute atomic E-state index is 0.0764. The topological polar surface area (TPSA) is 94.1 Å². The molecule has 0 heterocycles. The van der Waals surface area contributed by atoms with Gasteiger partial charge in [-0.1, -0.05) is 26.0 Å². The lowest BCUT2D eigenvalue weighted by atomic mass is 10.1. The monoisotopic (exact) mass is 405 g/mol. The molecule has 158 valence electrons. The Morgan fingerprint density at radius 3 is 2.33 bits per heavy atom. The van der Waals surface area contributed by atoms with E-state index in [4.69, 9.17) is 14.2 Å². The predicted molar refractivity (Wildman–Crippen MR) is 108 cm³/mol. The molecule has 2 atom stereocenters. The number of aliphatic hydroxyl groups is 1. The molecular formula is C19H35NO6S. The number of esters is 1.